The molecule has 14 heavy (non-hydrogen) atoms. The summed E-state index contributed by atoms with van der Waals surface area (Å²) < 4.78 is 5.31. The molecule has 0 saturated heterocycles. The van der Waals surface area contributed by atoms with Crippen molar-refractivity contribution in [1.82, 2.24) is 10.2 Å². The van der Waals surface area contributed by atoms with Crippen molar-refractivity contribution in [3.05, 3.63) is 36.2 Å². The van der Waals surface area contributed by atoms with Gasteiger partial charge in [0, 0.05) is 5.56 Å². The minimum Gasteiger partial charge on any atom is -0.418 e. The highest BCUT2D eigenvalue weighted by molar-refractivity contribution is 7.80. The van der Waals surface area contributed by atoms with Gasteiger partial charge in [0.15, 0.2) is 0 Å². The first-order valence-corrected chi connectivity index (χ1v) is 4.61. The summed E-state index contributed by atoms with van der Waals surface area (Å²) in [5.41, 5.74) is 6.35. The first kappa shape index (κ1) is 9.23. The number of nitrogens with zero attached hydrogens (tertiary/aromatic N) is 2. The Morgan fingerprint density at radius 1 is 1.21 bits per heavy atom. The number of hydrogen-bond donors (Lipinski definition) is 2. The number of thiol groups is 1. The van der Waals surface area contributed by atoms with Crippen molar-refractivity contribution in [1.29, 1.82) is 0 Å². The van der Waals surface area contributed by atoms with Gasteiger partial charge in [-0.25, -0.2) is 0 Å². The molecular formula is C9H9N3OS. The van der Waals surface area contributed by atoms with E-state index in [1.54, 1.807) is 0 Å². The topological polar surface area (TPSA) is 64.9 Å². The average Bonchev–Trinajstić information content (AvgIpc) is 2.68. The second-order valence-electron chi connectivity index (χ2n) is 2.76. The predicted octanol–water partition coefficient (Wildman–Crippen LogP) is 1.62. The van der Waals surface area contributed by atoms with E-state index in [2.05, 4.69) is 22.8 Å². The minimum absolute atomic E-state index is 0.326. The van der Waals surface area contributed by atoms with Crippen LogP contribution in [0, 0.1) is 0 Å². The maximum Gasteiger partial charge on any atom is 0.247 e. The SMILES string of the molecule is N[C@@H](S)c1nnc(-c2ccccc2)o1. The van der Waals surface area contributed by atoms with Crippen molar-refractivity contribution < 1.29 is 4.42 Å². The van der Waals surface area contributed by atoms with E-state index in [0.29, 0.717) is 11.8 Å². The Hall–Kier alpha value is -1.33. The summed E-state index contributed by atoms with van der Waals surface area (Å²) in [5.74, 6) is 0.789. The van der Waals surface area contributed by atoms with E-state index in [1.807, 2.05) is 30.3 Å². The lowest BCUT2D eigenvalue weighted by molar-refractivity contribution is 0.505. The van der Waals surface area contributed by atoms with E-state index < -0.39 is 5.37 Å². The van der Waals surface area contributed by atoms with Crippen LogP contribution >= 0.6 is 12.6 Å². The lowest BCUT2D eigenvalue weighted by atomic mass is 10.2. The Balaban J connectivity index is 2.34. The fraction of sp³-hybridized carbons (Fsp3) is 0.111. The van der Waals surface area contributed by atoms with Crippen molar-refractivity contribution in [3.8, 4) is 11.5 Å². The molecule has 1 aromatic carbocycles. The minimum atomic E-state index is -0.528. The summed E-state index contributed by atoms with van der Waals surface area (Å²) >= 11 is 3.99. The summed E-state index contributed by atoms with van der Waals surface area (Å²) in [6.45, 7) is 0. The molecule has 0 fully saturated rings. The van der Waals surface area contributed by atoms with Crippen LogP contribution in [-0.4, -0.2) is 10.2 Å². The fourth-order valence-electron chi connectivity index (χ4n) is 1.05. The normalized spacial score (nSPS) is 12.7. The van der Waals surface area contributed by atoms with Gasteiger partial charge in [0.2, 0.25) is 11.8 Å². The molecule has 0 amide bonds. The van der Waals surface area contributed by atoms with Crippen LogP contribution in [0.3, 0.4) is 0 Å². The molecule has 0 spiro atoms. The third-order valence-corrected chi connectivity index (χ3v) is 1.94. The molecule has 0 unspecified atom stereocenters. The molecule has 4 nitrogen and oxygen atoms in total. The fourth-order valence-corrected chi connectivity index (χ4v) is 1.16. The molecule has 0 aliphatic rings. The number of benzene rings is 1. The van der Waals surface area contributed by atoms with Crippen LogP contribution in [0.5, 0.6) is 0 Å². The van der Waals surface area contributed by atoms with Crippen molar-refractivity contribution >= 4 is 12.6 Å². The molecule has 2 N–H and O–H groups in total. The second-order valence-corrected chi connectivity index (χ2v) is 3.31. The lowest BCUT2D eigenvalue weighted by Gasteiger charge is -1.94. The smallest absolute Gasteiger partial charge is 0.247 e. The molecule has 72 valence electrons. The largest absolute Gasteiger partial charge is 0.418 e. The van der Waals surface area contributed by atoms with Crippen LogP contribution in [0.1, 0.15) is 11.3 Å². The quantitative estimate of drug-likeness (QED) is 0.580. The molecule has 0 aliphatic carbocycles. The standard InChI is InChI=1S/C9H9N3OS/c10-7(14)9-12-11-8(13-9)6-4-2-1-3-5-6/h1-5,7,14H,10H2/t7-/m0/s1. The van der Waals surface area contributed by atoms with Gasteiger partial charge in [-0.1, -0.05) is 18.2 Å². The monoisotopic (exact) mass is 207 g/mol. The van der Waals surface area contributed by atoms with Crippen LogP contribution < -0.4 is 5.73 Å². The maximum atomic E-state index is 5.47. The molecular weight excluding hydrogens is 198 g/mol. The third-order valence-electron chi connectivity index (χ3n) is 1.71. The predicted molar refractivity (Wildman–Crippen MR) is 55.6 cm³/mol. The van der Waals surface area contributed by atoms with Crippen LogP contribution in [-0.2, 0) is 0 Å². The molecule has 0 radical (unpaired) electrons. The van der Waals surface area contributed by atoms with Crippen LogP contribution in [0.15, 0.2) is 34.7 Å². The lowest BCUT2D eigenvalue weighted by Crippen LogP contribution is -2.01. The number of aromatic nitrogens is 2. The van der Waals surface area contributed by atoms with E-state index in [1.165, 1.54) is 0 Å². The van der Waals surface area contributed by atoms with E-state index in [9.17, 15) is 0 Å². The molecule has 1 atom stereocenters. The molecule has 0 bridgehead atoms. The molecule has 2 rings (SSSR count). The molecule has 1 heterocycles. The van der Waals surface area contributed by atoms with E-state index >= 15 is 0 Å². The third kappa shape index (κ3) is 1.78. The highest BCUT2D eigenvalue weighted by Gasteiger charge is 2.11. The zero-order valence-corrected chi connectivity index (χ0v) is 8.19. The van der Waals surface area contributed by atoms with Crippen molar-refractivity contribution in [3.63, 3.8) is 0 Å². The summed E-state index contributed by atoms with van der Waals surface area (Å²) in [7, 11) is 0. The van der Waals surface area contributed by atoms with Gasteiger partial charge in [0.05, 0.1) is 0 Å². The van der Waals surface area contributed by atoms with Gasteiger partial charge in [-0.2, -0.15) is 12.6 Å². The van der Waals surface area contributed by atoms with E-state index in [0.717, 1.165) is 5.56 Å². The maximum absolute atomic E-state index is 5.47. The Morgan fingerprint density at radius 2 is 1.93 bits per heavy atom. The average molecular weight is 207 g/mol. The Bertz CT molecular complexity index is 413. The highest BCUT2D eigenvalue weighted by atomic mass is 32.1. The first-order valence-electron chi connectivity index (χ1n) is 4.10. The highest BCUT2D eigenvalue weighted by Crippen LogP contribution is 2.20. The van der Waals surface area contributed by atoms with Crippen LogP contribution in [0.2, 0.25) is 0 Å². The van der Waals surface area contributed by atoms with Gasteiger partial charge in [-0.3, -0.25) is 0 Å². The molecule has 5 heteroatoms. The molecule has 0 aliphatic heterocycles. The van der Waals surface area contributed by atoms with Crippen LogP contribution in [0.25, 0.3) is 11.5 Å². The Kier molecular flexibility index (Phi) is 2.51. The summed E-state index contributed by atoms with van der Waals surface area (Å²) in [5, 5.41) is 7.11. The summed E-state index contributed by atoms with van der Waals surface area (Å²) in [6.07, 6.45) is 0. The van der Waals surface area contributed by atoms with Gasteiger partial charge in [0.1, 0.15) is 5.37 Å². The Labute approximate surface area is 86.6 Å². The van der Waals surface area contributed by atoms with Gasteiger partial charge in [-0.15, -0.1) is 10.2 Å². The second kappa shape index (κ2) is 3.81. The molecule has 1 aromatic heterocycles. The van der Waals surface area contributed by atoms with Crippen molar-refractivity contribution in [2.45, 2.75) is 5.37 Å². The zero-order chi connectivity index (χ0) is 9.97. The molecule has 0 saturated carbocycles. The van der Waals surface area contributed by atoms with Gasteiger partial charge < -0.3 is 10.2 Å². The zero-order valence-electron chi connectivity index (χ0n) is 7.29. The number of rotatable bonds is 2. The van der Waals surface area contributed by atoms with Gasteiger partial charge in [0.25, 0.3) is 0 Å². The number of hydrogen-bond acceptors (Lipinski definition) is 5. The summed E-state index contributed by atoms with van der Waals surface area (Å²) in [6, 6.07) is 9.51. The van der Waals surface area contributed by atoms with E-state index in [-0.39, 0.29) is 0 Å². The first-order chi connectivity index (χ1) is 6.77. The molecule has 2 aromatic rings. The summed E-state index contributed by atoms with van der Waals surface area (Å²) in [4.78, 5) is 0. The van der Waals surface area contributed by atoms with Crippen molar-refractivity contribution in [2.75, 3.05) is 0 Å². The van der Waals surface area contributed by atoms with Crippen molar-refractivity contribution in [2.24, 2.45) is 5.73 Å². The van der Waals surface area contributed by atoms with E-state index in [4.69, 9.17) is 10.2 Å². The van der Waals surface area contributed by atoms with Gasteiger partial charge >= 0.3 is 0 Å². The Morgan fingerprint density at radius 3 is 2.50 bits per heavy atom. The number of nitrogens with two attached hydrogens (primary N) is 1. The van der Waals surface area contributed by atoms with Crippen LogP contribution in [0.4, 0.5) is 0 Å². The van der Waals surface area contributed by atoms with Gasteiger partial charge in [-0.05, 0) is 12.1 Å².